The summed E-state index contributed by atoms with van der Waals surface area (Å²) in [6, 6.07) is 0. The molecule has 0 aliphatic heterocycles. The first kappa shape index (κ1) is 7.57. The van der Waals surface area contributed by atoms with Crippen molar-refractivity contribution in [3.63, 3.8) is 0 Å². The van der Waals surface area contributed by atoms with E-state index < -0.39 is 0 Å². The number of nitrogens with zero attached hydrogens (tertiary/aromatic N) is 3. The Morgan fingerprint density at radius 2 is 1.91 bits per heavy atom. The first-order valence-corrected chi connectivity index (χ1v) is 5.16. The van der Waals surface area contributed by atoms with E-state index in [1.54, 1.807) is 5.51 Å². The summed E-state index contributed by atoms with van der Waals surface area (Å²) in [6.45, 7) is 0. The van der Waals surface area contributed by atoms with Crippen molar-refractivity contribution in [1.82, 2.24) is 15.0 Å². The van der Waals surface area contributed by atoms with Crippen LogP contribution in [0.15, 0.2) is 14.7 Å². The minimum Gasteiger partial charge on any atom is -0.224 e. The summed E-state index contributed by atoms with van der Waals surface area (Å²) >= 11 is 7.98. The Morgan fingerprint density at radius 3 is 2.73 bits per heavy atom. The smallest absolute Gasteiger partial charge is 0.190 e. The highest BCUT2D eigenvalue weighted by Crippen LogP contribution is 2.22. The van der Waals surface area contributed by atoms with Crippen LogP contribution >= 0.6 is 43.2 Å². The van der Waals surface area contributed by atoms with E-state index in [0.29, 0.717) is 14.9 Å². The molecule has 0 saturated heterocycles. The van der Waals surface area contributed by atoms with Gasteiger partial charge in [0.1, 0.15) is 9.21 Å². The molecule has 0 atom stereocenters. The van der Waals surface area contributed by atoms with Crippen molar-refractivity contribution >= 4 is 53.7 Å². The molecule has 11 heavy (non-hydrogen) atoms. The van der Waals surface area contributed by atoms with E-state index in [1.807, 2.05) is 0 Å². The van der Waals surface area contributed by atoms with E-state index in [9.17, 15) is 0 Å². The number of hydrogen-bond acceptors (Lipinski definition) is 4. The van der Waals surface area contributed by atoms with Crippen LogP contribution in [0.1, 0.15) is 0 Å². The number of fused-ring (bicyclic) bond motifs is 1. The third-order valence-corrected chi connectivity index (χ3v) is 3.45. The Kier molecular flexibility index (Phi) is 1.90. The van der Waals surface area contributed by atoms with Crippen LogP contribution in [0, 0.1) is 0 Å². The van der Waals surface area contributed by atoms with Crippen LogP contribution < -0.4 is 0 Å². The zero-order chi connectivity index (χ0) is 7.84. The Bertz CT molecular complexity index is 364. The summed E-state index contributed by atoms with van der Waals surface area (Å²) in [5.74, 6) is 0. The Labute approximate surface area is 83.1 Å². The zero-order valence-electron chi connectivity index (χ0n) is 5.08. The minimum atomic E-state index is 0.685. The molecule has 2 rings (SSSR count). The molecule has 2 heterocycles. The van der Waals surface area contributed by atoms with E-state index in [-0.39, 0.29) is 0 Å². The molecule has 2 aromatic heterocycles. The van der Waals surface area contributed by atoms with Crippen molar-refractivity contribution in [3.05, 3.63) is 14.7 Å². The van der Waals surface area contributed by atoms with E-state index in [0.717, 1.165) is 4.83 Å². The lowest BCUT2D eigenvalue weighted by atomic mass is 10.7. The quantitative estimate of drug-likeness (QED) is 0.750. The van der Waals surface area contributed by atoms with Crippen LogP contribution in [-0.2, 0) is 0 Å². The molecule has 0 aliphatic carbocycles. The predicted octanol–water partition coefficient (Wildman–Crippen LogP) is 2.61. The second kappa shape index (κ2) is 2.76. The van der Waals surface area contributed by atoms with E-state index in [4.69, 9.17) is 0 Å². The lowest BCUT2D eigenvalue weighted by Gasteiger charge is -1.91. The van der Waals surface area contributed by atoms with Gasteiger partial charge in [-0.15, -0.1) is 11.3 Å². The molecular formula is C5HBr2N3S. The van der Waals surface area contributed by atoms with Gasteiger partial charge in [-0.3, -0.25) is 0 Å². The van der Waals surface area contributed by atoms with Gasteiger partial charge < -0.3 is 0 Å². The normalized spacial score (nSPS) is 10.7. The molecule has 0 spiro atoms. The highest BCUT2D eigenvalue weighted by molar-refractivity contribution is 9.13. The number of hydrogen-bond donors (Lipinski definition) is 0. The Balaban J connectivity index is 2.86. The number of rotatable bonds is 0. The SMILES string of the molecule is Brc1nc2ncsc2nc1Br. The number of aromatic nitrogens is 3. The van der Waals surface area contributed by atoms with Crippen molar-refractivity contribution in [2.75, 3.05) is 0 Å². The fraction of sp³-hybridized carbons (Fsp3) is 0. The van der Waals surface area contributed by atoms with Gasteiger partial charge in [-0.1, -0.05) is 0 Å². The van der Waals surface area contributed by atoms with Gasteiger partial charge in [-0.05, 0) is 31.9 Å². The van der Waals surface area contributed by atoms with Gasteiger partial charge in [0, 0.05) is 0 Å². The van der Waals surface area contributed by atoms with Crippen molar-refractivity contribution < 1.29 is 0 Å². The zero-order valence-corrected chi connectivity index (χ0v) is 9.07. The molecular weight excluding hydrogens is 294 g/mol. The van der Waals surface area contributed by atoms with Crippen LogP contribution in [0.2, 0.25) is 0 Å². The van der Waals surface area contributed by atoms with Gasteiger partial charge in [-0.25, -0.2) is 15.0 Å². The third-order valence-electron chi connectivity index (χ3n) is 1.10. The van der Waals surface area contributed by atoms with Gasteiger partial charge in [0.2, 0.25) is 0 Å². The maximum absolute atomic E-state index is 4.20. The number of thiazole rings is 1. The molecule has 0 amide bonds. The molecule has 3 nitrogen and oxygen atoms in total. The number of halogens is 2. The lowest BCUT2D eigenvalue weighted by molar-refractivity contribution is 1.19. The standard InChI is InChI=1S/C5HBr2N3S/c6-2-3(7)10-5-4(9-2)8-1-11-5/h1H. The fourth-order valence-electron chi connectivity index (χ4n) is 0.662. The van der Waals surface area contributed by atoms with Gasteiger partial charge in [0.25, 0.3) is 0 Å². The monoisotopic (exact) mass is 293 g/mol. The molecule has 0 aromatic carbocycles. The Morgan fingerprint density at radius 1 is 1.18 bits per heavy atom. The van der Waals surface area contributed by atoms with Crippen LogP contribution in [0.4, 0.5) is 0 Å². The molecule has 0 fully saturated rings. The molecule has 0 saturated carbocycles. The first-order valence-electron chi connectivity index (χ1n) is 2.69. The van der Waals surface area contributed by atoms with E-state index in [1.165, 1.54) is 11.3 Å². The van der Waals surface area contributed by atoms with Crippen molar-refractivity contribution in [3.8, 4) is 0 Å². The average Bonchev–Trinajstić information content (AvgIpc) is 2.36. The average molecular weight is 295 g/mol. The van der Waals surface area contributed by atoms with Crippen LogP contribution in [0.5, 0.6) is 0 Å². The summed E-state index contributed by atoms with van der Waals surface area (Å²) in [4.78, 5) is 13.2. The Hall–Kier alpha value is -0.0700. The maximum Gasteiger partial charge on any atom is 0.190 e. The lowest BCUT2D eigenvalue weighted by Crippen LogP contribution is -1.83. The molecule has 6 heteroatoms. The predicted molar refractivity (Wildman–Crippen MR) is 50.6 cm³/mol. The minimum absolute atomic E-state index is 0.685. The second-order valence-corrected chi connectivity index (χ2v) is 4.12. The molecule has 0 aliphatic rings. The van der Waals surface area contributed by atoms with Crippen LogP contribution in [0.25, 0.3) is 10.5 Å². The summed E-state index contributed by atoms with van der Waals surface area (Å²) < 4.78 is 1.41. The van der Waals surface area contributed by atoms with Crippen molar-refractivity contribution in [1.29, 1.82) is 0 Å². The van der Waals surface area contributed by atoms with Gasteiger partial charge >= 0.3 is 0 Å². The molecule has 0 radical (unpaired) electrons. The van der Waals surface area contributed by atoms with Crippen LogP contribution in [-0.4, -0.2) is 15.0 Å². The van der Waals surface area contributed by atoms with E-state index >= 15 is 0 Å². The summed E-state index contributed by atoms with van der Waals surface area (Å²) in [7, 11) is 0. The van der Waals surface area contributed by atoms with Crippen LogP contribution in [0.3, 0.4) is 0 Å². The summed E-state index contributed by atoms with van der Waals surface area (Å²) in [5, 5.41) is 0. The van der Waals surface area contributed by atoms with E-state index in [2.05, 4.69) is 46.8 Å². The van der Waals surface area contributed by atoms with Gasteiger partial charge in [0.05, 0.1) is 5.51 Å². The summed E-state index contributed by atoms with van der Waals surface area (Å²) in [6.07, 6.45) is 0. The largest absolute Gasteiger partial charge is 0.224 e. The fourth-order valence-corrected chi connectivity index (χ4v) is 1.90. The second-order valence-electron chi connectivity index (χ2n) is 1.79. The van der Waals surface area contributed by atoms with Gasteiger partial charge in [0.15, 0.2) is 10.5 Å². The molecule has 2 aromatic rings. The maximum atomic E-state index is 4.20. The van der Waals surface area contributed by atoms with Gasteiger partial charge in [-0.2, -0.15) is 0 Å². The third kappa shape index (κ3) is 1.30. The highest BCUT2D eigenvalue weighted by Gasteiger charge is 2.04. The molecule has 0 N–H and O–H groups in total. The van der Waals surface area contributed by atoms with Crippen molar-refractivity contribution in [2.45, 2.75) is 0 Å². The molecule has 56 valence electrons. The summed E-state index contributed by atoms with van der Waals surface area (Å²) in [5.41, 5.74) is 2.41. The topological polar surface area (TPSA) is 38.7 Å². The van der Waals surface area contributed by atoms with Crippen molar-refractivity contribution in [2.24, 2.45) is 0 Å². The first-order chi connectivity index (χ1) is 5.27. The highest BCUT2D eigenvalue weighted by atomic mass is 79.9. The molecule has 0 bridgehead atoms. The molecule has 0 unspecified atom stereocenters.